The van der Waals surface area contributed by atoms with Crippen LogP contribution >= 0.6 is 0 Å². The van der Waals surface area contributed by atoms with Gasteiger partial charge >= 0.3 is 5.97 Å². The van der Waals surface area contributed by atoms with E-state index in [9.17, 15) is 18.0 Å². The number of carboxylic acid groups (broad SMARTS) is 1. The van der Waals surface area contributed by atoms with Gasteiger partial charge < -0.3 is 5.11 Å². The molecule has 1 aromatic heterocycles. The number of aromatic carboxylic acids is 1. The minimum absolute atomic E-state index is 0.0432. The summed E-state index contributed by atoms with van der Waals surface area (Å²) in [5.41, 5.74) is 2.19. The second-order valence-electron chi connectivity index (χ2n) is 4.13. The Morgan fingerprint density at radius 1 is 1.05 bits per heavy atom. The summed E-state index contributed by atoms with van der Waals surface area (Å²) < 4.78 is 23.9. The van der Waals surface area contributed by atoms with Crippen LogP contribution in [0, 0.1) is 0 Å². The quantitative estimate of drug-likeness (QED) is 0.685. The van der Waals surface area contributed by atoms with Crippen molar-refractivity contribution >= 4 is 21.9 Å². The van der Waals surface area contributed by atoms with Crippen molar-refractivity contribution in [1.29, 1.82) is 0 Å². The van der Waals surface area contributed by atoms with E-state index in [2.05, 4.69) is 4.98 Å². The van der Waals surface area contributed by atoms with Gasteiger partial charge in [0.25, 0.3) is 15.9 Å². The van der Waals surface area contributed by atoms with E-state index in [0.29, 0.717) is 0 Å². The maximum atomic E-state index is 12.0. The number of aromatic nitrogens is 1. The molecule has 0 spiro atoms. The van der Waals surface area contributed by atoms with Gasteiger partial charge in [-0.2, -0.15) is 0 Å². The lowest BCUT2D eigenvalue weighted by atomic mass is 10.2. The highest BCUT2D eigenvalue weighted by Crippen LogP contribution is 2.10. The summed E-state index contributed by atoms with van der Waals surface area (Å²) in [4.78, 5) is 27.9. The number of amides is 1. The van der Waals surface area contributed by atoms with Gasteiger partial charge in [0.2, 0.25) is 0 Å². The Balaban J connectivity index is 2.08. The van der Waals surface area contributed by atoms with Crippen LogP contribution in [0.2, 0.25) is 0 Å². The summed E-state index contributed by atoms with van der Waals surface area (Å²) in [6, 6.07) is 7.57. The Morgan fingerprint density at radius 2 is 1.73 bits per heavy atom. The monoisotopic (exact) mass is 321 g/mol. The van der Waals surface area contributed by atoms with Crippen molar-refractivity contribution in [2.75, 3.05) is 0 Å². The van der Waals surface area contributed by atoms with Gasteiger partial charge in [0.1, 0.15) is 0 Å². The Hall–Kier alpha value is -2.78. The van der Waals surface area contributed by atoms with Crippen LogP contribution in [-0.2, 0) is 10.0 Å². The zero-order chi connectivity index (χ0) is 16.2. The van der Waals surface area contributed by atoms with E-state index < -0.39 is 21.9 Å². The molecule has 2 rings (SSSR count). The van der Waals surface area contributed by atoms with Gasteiger partial charge in [-0.3, -0.25) is 15.2 Å². The maximum Gasteiger partial charge on any atom is 0.335 e. The van der Waals surface area contributed by atoms with E-state index in [1.807, 2.05) is 10.3 Å². The van der Waals surface area contributed by atoms with Crippen LogP contribution in [0.25, 0.3) is 0 Å². The fourth-order valence-corrected chi connectivity index (χ4v) is 2.36. The van der Waals surface area contributed by atoms with Crippen molar-refractivity contribution in [3.8, 4) is 0 Å². The number of nitrogens with one attached hydrogen (secondary N) is 2. The first-order valence-electron chi connectivity index (χ1n) is 5.96. The smallest absolute Gasteiger partial charge is 0.335 e. The molecule has 22 heavy (non-hydrogen) atoms. The average Bonchev–Trinajstić information content (AvgIpc) is 2.53. The molecule has 2 aromatic rings. The number of benzene rings is 1. The number of hydrogen-bond acceptors (Lipinski definition) is 5. The fraction of sp³-hybridized carbons (Fsp3) is 0. The third-order valence-electron chi connectivity index (χ3n) is 2.63. The van der Waals surface area contributed by atoms with Gasteiger partial charge in [-0.05, 0) is 36.4 Å². The average molecular weight is 321 g/mol. The number of sulfonamides is 1. The highest BCUT2D eigenvalue weighted by molar-refractivity contribution is 7.89. The fourth-order valence-electron chi connectivity index (χ4n) is 1.52. The van der Waals surface area contributed by atoms with Crippen LogP contribution in [0.15, 0.2) is 53.7 Å². The number of hydrogen-bond donors (Lipinski definition) is 3. The molecule has 0 radical (unpaired) electrons. The van der Waals surface area contributed by atoms with Gasteiger partial charge in [-0.15, -0.1) is 4.83 Å². The van der Waals surface area contributed by atoms with Crippen molar-refractivity contribution in [3.63, 3.8) is 0 Å². The summed E-state index contributed by atoms with van der Waals surface area (Å²) in [5, 5.41) is 8.75. The van der Waals surface area contributed by atoms with Crippen molar-refractivity contribution in [3.05, 3.63) is 59.9 Å². The molecule has 0 atom stereocenters. The van der Waals surface area contributed by atoms with E-state index in [0.717, 1.165) is 24.3 Å². The van der Waals surface area contributed by atoms with Crippen molar-refractivity contribution < 1.29 is 23.1 Å². The Kier molecular flexibility index (Phi) is 4.49. The SMILES string of the molecule is O=C(O)c1ccc(S(=O)(=O)NNC(=O)c2cccnc2)cc1. The molecule has 3 N–H and O–H groups in total. The molecule has 0 aliphatic rings. The molecule has 1 amide bonds. The minimum Gasteiger partial charge on any atom is -0.478 e. The Bertz CT molecular complexity index is 788. The first-order valence-corrected chi connectivity index (χ1v) is 7.44. The molecule has 8 nitrogen and oxygen atoms in total. The van der Waals surface area contributed by atoms with Gasteiger partial charge in [0.05, 0.1) is 16.0 Å². The first kappa shape index (κ1) is 15.6. The third kappa shape index (κ3) is 3.65. The van der Waals surface area contributed by atoms with Crippen LogP contribution in [0.1, 0.15) is 20.7 Å². The van der Waals surface area contributed by atoms with Gasteiger partial charge in [0.15, 0.2) is 0 Å². The zero-order valence-electron chi connectivity index (χ0n) is 11.1. The van der Waals surface area contributed by atoms with E-state index >= 15 is 0 Å². The van der Waals surface area contributed by atoms with Gasteiger partial charge in [-0.25, -0.2) is 13.2 Å². The standard InChI is InChI=1S/C13H11N3O5S/c17-12(10-2-1-7-14-8-10)15-16-22(20,21)11-5-3-9(4-6-11)13(18)19/h1-8,16H,(H,15,17)(H,18,19). The molecule has 0 unspecified atom stereocenters. The van der Waals surface area contributed by atoms with E-state index in [-0.39, 0.29) is 16.0 Å². The minimum atomic E-state index is -4.00. The molecule has 0 aliphatic carbocycles. The molecule has 0 saturated heterocycles. The number of carboxylic acids is 1. The zero-order valence-corrected chi connectivity index (χ0v) is 11.9. The number of hydrazine groups is 1. The largest absolute Gasteiger partial charge is 0.478 e. The van der Waals surface area contributed by atoms with Crippen LogP contribution in [0.5, 0.6) is 0 Å². The lowest BCUT2D eigenvalue weighted by Crippen LogP contribution is -2.41. The molecule has 0 bridgehead atoms. The predicted octanol–water partition coefficient (Wildman–Crippen LogP) is 0.403. The Morgan fingerprint density at radius 3 is 2.27 bits per heavy atom. The highest BCUT2D eigenvalue weighted by atomic mass is 32.2. The predicted molar refractivity (Wildman–Crippen MR) is 75.4 cm³/mol. The van der Waals surface area contributed by atoms with Crippen LogP contribution in [0.3, 0.4) is 0 Å². The van der Waals surface area contributed by atoms with Crippen molar-refractivity contribution in [2.45, 2.75) is 4.90 Å². The van der Waals surface area contributed by atoms with Crippen LogP contribution < -0.4 is 10.3 Å². The molecule has 9 heteroatoms. The number of rotatable bonds is 5. The molecule has 0 saturated carbocycles. The van der Waals surface area contributed by atoms with E-state index in [1.54, 1.807) is 0 Å². The first-order chi connectivity index (χ1) is 10.4. The highest BCUT2D eigenvalue weighted by Gasteiger charge is 2.16. The lowest BCUT2D eigenvalue weighted by Gasteiger charge is -2.08. The van der Waals surface area contributed by atoms with E-state index in [4.69, 9.17) is 5.11 Å². The molecule has 1 heterocycles. The number of pyridine rings is 1. The number of nitrogens with zero attached hydrogens (tertiary/aromatic N) is 1. The van der Waals surface area contributed by atoms with Gasteiger partial charge in [0, 0.05) is 12.4 Å². The molecule has 0 aliphatic heterocycles. The lowest BCUT2D eigenvalue weighted by molar-refractivity contribution is 0.0696. The maximum absolute atomic E-state index is 12.0. The molecule has 114 valence electrons. The number of carbonyl (C=O) groups is 2. The molecule has 0 fully saturated rings. The van der Waals surface area contributed by atoms with Crippen molar-refractivity contribution in [2.24, 2.45) is 0 Å². The van der Waals surface area contributed by atoms with Crippen LogP contribution in [0.4, 0.5) is 0 Å². The second kappa shape index (κ2) is 6.33. The summed E-state index contributed by atoms with van der Waals surface area (Å²) in [5.74, 6) is -1.83. The summed E-state index contributed by atoms with van der Waals surface area (Å²) in [6.45, 7) is 0. The molecular formula is C13H11N3O5S. The summed E-state index contributed by atoms with van der Waals surface area (Å²) >= 11 is 0. The van der Waals surface area contributed by atoms with E-state index in [1.165, 1.54) is 24.5 Å². The normalized spacial score (nSPS) is 10.9. The topological polar surface area (TPSA) is 125 Å². The second-order valence-corrected chi connectivity index (χ2v) is 5.81. The van der Waals surface area contributed by atoms with Crippen LogP contribution in [-0.4, -0.2) is 30.4 Å². The molecular weight excluding hydrogens is 310 g/mol. The molecule has 1 aromatic carbocycles. The van der Waals surface area contributed by atoms with Gasteiger partial charge in [-0.1, -0.05) is 0 Å². The Labute approximate surface area is 125 Å². The summed E-state index contributed by atoms with van der Waals surface area (Å²) in [6.07, 6.45) is 2.76. The summed E-state index contributed by atoms with van der Waals surface area (Å²) in [7, 11) is -4.00. The third-order valence-corrected chi connectivity index (χ3v) is 3.90. The number of carbonyl (C=O) groups excluding carboxylic acids is 1. The van der Waals surface area contributed by atoms with Crippen molar-refractivity contribution in [1.82, 2.24) is 15.2 Å².